The molecule has 35 heavy (non-hydrogen) atoms. The summed E-state index contributed by atoms with van der Waals surface area (Å²) in [6, 6.07) is -4.21. The topological polar surface area (TPSA) is 252 Å². The molecule has 1 heterocycles. The fraction of sp³-hybridized carbons (Fsp3) is 0.762. The third kappa shape index (κ3) is 10.0. The van der Waals surface area contributed by atoms with Crippen LogP contribution < -0.4 is 33.6 Å². The first-order chi connectivity index (χ1) is 16.5. The van der Waals surface area contributed by atoms with Gasteiger partial charge < -0.3 is 48.7 Å². The zero-order valence-electron chi connectivity index (χ0n) is 20.2. The lowest BCUT2D eigenvalue weighted by Gasteiger charge is -2.30. The number of aliphatic hydroxyl groups excluding tert-OH is 1. The van der Waals surface area contributed by atoms with Gasteiger partial charge in [-0.15, -0.1) is 0 Å². The maximum absolute atomic E-state index is 13.3. The molecule has 14 nitrogen and oxygen atoms in total. The molecule has 0 bridgehead atoms. The maximum atomic E-state index is 13.3. The van der Waals surface area contributed by atoms with Crippen LogP contribution in [-0.4, -0.2) is 94.7 Å². The number of unbranched alkanes of at least 4 members (excludes halogenated alkanes) is 1. The summed E-state index contributed by atoms with van der Waals surface area (Å²) in [7, 11) is 0. The number of hydrogen-bond donors (Lipinski definition) is 8. The smallest absolute Gasteiger partial charge is 0.326 e. The lowest BCUT2D eigenvalue weighted by Crippen LogP contribution is -2.57. The zero-order chi connectivity index (χ0) is 26.5. The molecule has 0 aromatic carbocycles. The number of carboxylic acids is 1. The van der Waals surface area contributed by atoms with Gasteiger partial charge in [0.05, 0.1) is 6.10 Å². The summed E-state index contributed by atoms with van der Waals surface area (Å²) in [5.74, 6) is -3.05. The van der Waals surface area contributed by atoms with Gasteiger partial charge in [0.15, 0.2) is 5.96 Å². The van der Waals surface area contributed by atoms with Crippen LogP contribution in [0.15, 0.2) is 4.99 Å². The summed E-state index contributed by atoms with van der Waals surface area (Å²) in [4.78, 5) is 55.4. The van der Waals surface area contributed by atoms with E-state index in [-0.39, 0.29) is 31.9 Å². The highest BCUT2D eigenvalue weighted by Crippen LogP contribution is 2.20. The number of amides is 3. The molecule has 1 fully saturated rings. The van der Waals surface area contributed by atoms with Gasteiger partial charge in [0, 0.05) is 13.1 Å². The number of hydrogen-bond acceptors (Lipinski definition) is 8. The number of carbonyl (C=O) groups is 4. The number of aliphatic hydroxyl groups is 1. The van der Waals surface area contributed by atoms with Crippen molar-refractivity contribution in [2.75, 3.05) is 19.6 Å². The Hall–Kier alpha value is -2.97. The van der Waals surface area contributed by atoms with Gasteiger partial charge in [-0.2, -0.15) is 0 Å². The third-order valence-corrected chi connectivity index (χ3v) is 5.78. The Balaban J connectivity index is 2.90. The van der Waals surface area contributed by atoms with Crippen LogP contribution in [-0.2, 0) is 19.2 Å². The second kappa shape index (κ2) is 15.1. The molecule has 1 saturated heterocycles. The predicted molar refractivity (Wildman–Crippen MR) is 129 cm³/mol. The number of carbonyl (C=O) groups excluding carboxylic acids is 3. The van der Waals surface area contributed by atoms with Crippen molar-refractivity contribution >= 4 is 29.7 Å². The van der Waals surface area contributed by atoms with Crippen molar-refractivity contribution < 1.29 is 29.4 Å². The van der Waals surface area contributed by atoms with Crippen LogP contribution in [0.4, 0.5) is 0 Å². The molecular weight excluding hydrogens is 460 g/mol. The van der Waals surface area contributed by atoms with E-state index < -0.39 is 54.0 Å². The Morgan fingerprint density at radius 3 is 2.31 bits per heavy atom. The number of nitrogens with zero attached hydrogens (tertiary/aromatic N) is 2. The average Bonchev–Trinajstić information content (AvgIpc) is 3.29. The van der Waals surface area contributed by atoms with Gasteiger partial charge in [-0.3, -0.25) is 19.4 Å². The van der Waals surface area contributed by atoms with Gasteiger partial charge in [0.25, 0.3) is 0 Å². The average molecular weight is 501 g/mol. The zero-order valence-corrected chi connectivity index (χ0v) is 20.2. The summed E-state index contributed by atoms with van der Waals surface area (Å²) >= 11 is 0. The molecule has 14 heteroatoms. The van der Waals surface area contributed by atoms with Crippen LogP contribution in [0, 0.1) is 0 Å². The van der Waals surface area contributed by atoms with E-state index in [1.54, 1.807) is 0 Å². The second-order valence-electron chi connectivity index (χ2n) is 8.65. The van der Waals surface area contributed by atoms with E-state index in [0.29, 0.717) is 38.6 Å². The van der Waals surface area contributed by atoms with E-state index in [0.717, 1.165) is 0 Å². The molecule has 0 radical (unpaired) electrons. The van der Waals surface area contributed by atoms with Crippen molar-refractivity contribution in [3.05, 3.63) is 0 Å². The Labute approximate surface area is 204 Å². The van der Waals surface area contributed by atoms with Crippen molar-refractivity contribution in [2.45, 2.75) is 82.1 Å². The minimum absolute atomic E-state index is 0.105. The summed E-state index contributed by atoms with van der Waals surface area (Å²) < 4.78 is 0. The third-order valence-electron chi connectivity index (χ3n) is 5.78. The molecule has 200 valence electrons. The highest BCUT2D eigenvalue weighted by Gasteiger charge is 2.39. The number of aliphatic imine (C=N–C) groups is 1. The number of likely N-dealkylation sites (tertiary alicyclic amines) is 1. The summed E-state index contributed by atoms with van der Waals surface area (Å²) in [6.45, 7) is 2.28. The predicted octanol–water partition coefficient (Wildman–Crippen LogP) is -3.08. The Morgan fingerprint density at radius 2 is 1.74 bits per heavy atom. The Morgan fingerprint density at radius 1 is 1.09 bits per heavy atom. The molecule has 5 atom stereocenters. The molecule has 12 N–H and O–H groups in total. The van der Waals surface area contributed by atoms with E-state index in [1.165, 1.54) is 11.8 Å². The van der Waals surface area contributed by atoms with E-state index >= 15 is 0 Å². The summed E-state index contributed by atoms with van der Waals surface area (Å²) in [5.41, 5.74) is 21.7. The maximum Gasteiger partial charge on any atom is 0.326 e. The van der Waals surface area contributed by atoms with Gasteiger partial charge in [-0.05, 0) is 58.4 Å². The molecule has 1 aliphatic rings. The Kier molecular flexibility index (Phi) is 13.0. The Bertz CT molecular complexity index is 758. The van der Waals surface area contributed by atoms with E-state index in [4.69, 9.17) is 22.9 Å². The van der Waals surface area contributed by atoms with Crippen LogP contribution in [0.25, 0.3) is 0 Å². The number of aliphatic carboxylic acids is 1. The van der Waals surface area contributed by atoms with Crippen LogP contribution in [0.3, 0.4) is 0 Å². The van der Waals surface area contributed by atoms with E-state index in [9.17, 15) is 29.4 Å². The quantitative estimate of drug-likeness (QED) is 0.0639. The van der Waals surface area contributed by atoms with Crippen molar-refractivity contribution in [1.29, 1.82) is 0 Å². The molecule has 0 aromatic heterocycles. The van der Waals surface area contributed by atoms with E-state index in [1.807, 2.05) is 0 Å². The van der Waals surface area contributed by atoms with Crippen molar-refractivity contribution in [3.63, 3.8) is 0 Å². The van der Waals surface area contributed by atoms with Gasteiger partial charge >= 0.3 is 5.97 Å². The monoisotopic (exact) mass is 500 g/mol. The van der Waals surface area contributed by atoms with Crippen LogP contribution in [0.5, 0.6) is 0 Å². The van der Waals surface area contributed by atoms with Crippen LogP contribution in [0.1, 0.15) is 51.9 Å². The fourth-order valence-electron chi connectivity index (χ4n) is 3.77. The highest BCUT2D eigenvalue weighted by atomic mass is 16.4. The number of guanidine groups is 1. The van der Waals surface area contributed by atoms with Gasteiger partial charge in [0.2, 0.25) is 17.7 Å². The molecule has 0 aromatic rings. The van der Waals surface area contributed by atoms with Gasteiger partial charge in [0.1, 0.15) is 24.2 Å². The fourth-order valence-corrected chi connectivity index (χ4v) is 3.77. The molecule has 0 aliphatic carbocycles. The summed E-state index contributed by atoms with van der Waals surface area (Å²) in [6.07, 6.45) is 1.69. The minimum atomic E-state index is -1.22. The van der Waals surface area contributed by atoms with Gasteiger partial charge in [-0.1, -0.05) is 0 Å². The molecule has 0 saturated carbocycles. The number of carboxylic acid groups (broad SMARTS) is 1. The number of nitrogens with one attached hydrogen (secondary N) is 2. The lowest BCUT2D eigenvalue weighted by atomic mass is 10.1. The van der Waals surface area contributed by atoms with Crippen molar-refractivity contribution in [1.82, 2.24) is 15.5 Å². The molecular formula is C21H40N8O6. The molecule has 1 aliphatic heterocycles. The van der Waals surface area contributed by atoms with Crippen LogP contribution >= 0.6 is 0 Å². The first-order valence-corrected chi connectivity index (χ1v) is 11.8. The van der Waals surface area contributed by atoms with Crippen molar-refractivity contribution in [3.8, 4) is 0 Å². The number of nitrogens with two attached hydrogens (primary N) is 4. The molecule has 1 rings (SSSR count). The number of rotatable bonds is 15. The lowest BCUT2D eigenvalue weighted by molar-refractivity contribution is -0.145. The standard InChI is InChI=1S/C21H40N8O6/c1-12(30)16(23)18(32)27-13(6-2-3-9-22)19(33)29-11-5-8-15(29)17(31)28-14(20(34)35)7-4-10-26-21(24)25/h12-16,30H,2-11,22-23H2,1H3,(H,27,32)(H,28,31)(H,34,35)(H4,24,25,26)/t12-,13?,14-,15+,16+/m1/s1. The first kappa shape index (κ1) is 30.1. The SMILES string of the molecule is C[C@@H](O)[C@H](N)C(=O)NC(CCCCN)C(=O)N1CCC[C@H]1C(=O)N[C@H](CCCN=C(N)N)C(=O)O. The largest absolute Gasteiger partial charge is 0.480 e. The normalized spacial score (nSPS) is 18.7. The van der Waals surface area contributed by atoms with E-state index in [2.05, 4.69) is 15.6 Å². The van der Waals surface area contributed by atoms with Gasteiger partial charge in [-0.25, -0.2) is 4.79 Å². The molecule has 1 unspecified atom stereocenters. The minimum Gasteiger partial charge on any atom is -0.480 e. The van der Waals surface area contributed by atoms with Crippen LogP contribution in [0.2, 0.25) is 0 Å². The van der Waals surface area contributed by atoms with Crippen molar-refractivity contribution in [2.24, 2.45) is 27.9 Å². The highest BCUT2D eigenvalue weighted by molar-refractivity contribution is 5.94. The second-order valence-corrected chi connectivity index (χ2v) is 8.65. The molecule has 0 spiro atoms. The first-order valence-electron chi connectivity index (χ1n) is 11.8. The molecule has 3 amide bonds. The summed E-state index contributed by atoms with van der Waals surface area (Å²) in [5, 5.41) is 24.2.